The summed E-state index contributed by atoms with van der Waals surface area (Å²) in [5, 5.41) is 8.74. The molecule has 0 spiro atoms. The molecule has 0 saturated carbocycles. The van der Waals surface area contributed by atoms with Crippen molar-refractivity contribution in [1.29, 1.82) is 0 Å². The van der Waals surface area contributed by atoms with E-state index in [1.165, 1.54) is 12.1 Å². The van der Waals surface area contributed by atoms with Crippen LogP contribution < -0.4 is 4.72 Å². The third-order valence-corrected chi connectivity index (χ3v) is 4.64. The van der Waals surface area contributed by atoms with Crippen LogP contribution in [-0.4, -0.2) is 26.7 Å². The van der Waals surface area contributed by atoms with Crippen LogP contribution in [0.5, 0.6) is 0 Å². The molecular weight excluding hydrogens is 310 g/mol. The number of benzene rings is 1. The van der Waals surface area contributed by atoms with Crippen LogP contribution in [-0.2, 0) is 10.0 Å². The summed E-state index contributed by atoms with van der Waals surface area (Å²) in [5.41, 5.74) is 0.610. The second kappa shape index (κ2) is 7.28. The molecule has 4 nitrogen and oxygen atoms in total. The van der Waals surface area contributed by atoms with E-state index >= 15 is 0 Å². The maximum atomic E-state index is 12.2. The first-order valence-electron chi connectivity index (χ1n) is 6.55. The first-order valence-corrected chi connectivity index (χ1v) is 8.41. The van der Waals surface area contributed by atoms with Gasteiger partial charge in [0.25, 0.3) is 0 Å². The van der Waals surface area contributed by atoms with E-state index in [2.05, 4.69) is 16.6 Å². The molecule has 0 saturated heterocycles. The molecule has 0 heterocycles. The first-order chi connectivity index (χ1) is 9.65. The lowest BCUT2D eigenvalue weighted by Gasteiger charge is -2.18. The second-order valence-corrected chi connectivity index (χ2v) is 7.96. The summed E-state index contributed by atoms with van der Waals surface area (Å²) in [6, 6.07) is 4.46. The fourth-order valence-electron chi connectivity index (χ4n) is 1.58. The van der Waals surface area contributed by atoms with Crippen LogP contribution in [0.3, 0.4) is 0 Å². The average molecular weight is 330 g/mol. The van der Waals surface area contributed by atoms with Crippen molar-refractivity contribution in [3.8, 4) is 11.8 Å². The lowest BCUT2D eigenvalue weighted by atomic mass is 9.93. The van der Waals surface area contributed by atoms with Crippen molar-refractivity contribution in [2.45, 2.75) is 32.1 Å². The fourth-order valence-corrected chi connectivity index (χ4v) is 3.15. The van der Waals surface area contributed by atoms with Crippen molar-refractivity contribution in [3.05, 3.63) is 28.8 Å². The molecule has 6 heteroatoms. The highest BCUT2D eigenvalue weighted by Crippen LogP contribution is 2.23. The maximum absolute atomic E-state index is 12.2. The molecule has 116 valence electrons. The maximum Gasteiger partial charge on any atom is 0.242 e. The minimum Gasteiger partial charge on any atom is -0.384 e. The average Bonchev–Trinajstić information content (AvgIpc) is 2.34. The van der Waals surface area contributed by atoms with Gasteiger partial charge in [-0.2, -0.15) is 0 Å². The summed E-state index contributed by atoms with van der Waals surface area (Å²) < 4.78 is 26.9. The topological polar surface area (TPSA) is 66.4 Å². The quantitative estimate of drug-likeness (QED) is 0.834. The minimum atomic E-state index is -3.63. The van der Waals surface area contributed by atoms with Gasteiger partial charge in [-0.15, -0.1) is 0 Å². The van der Waals surface area contributed by atoms with Gasteiger partial charge in [0.2, 0.25) is 10.0 Å². The Morgan fingerprint density at radius 2 is 2.00 bits per heavy atom. The highest BCUT2D eigenvalue weighted by Gasteiger charge is 2.19. The highest BCUT2D eigenvalue weighted by atomic mass is 35.5. The number of rotatable bonds is 4. The Labute approximate surface area is 131 Å². The lowest BCUT2D eigenvalue weighted by Crippen LogP contribution is -2.27. The Morgan fingerprint density at radius 3 is 2.52 bits per heavy atom. The van der Waals surface area contributed by atoms with E-state index in [0.29, 0.717) is 12.1 Å². The molecule has 0 unspecified atom stereocenters. The van der Waals surface area contributed by atoms with Gasteiger partial charge < -0.3 is 5.11 Å². The number of hydrogen-bond donors (Lipinski definition) is 2. The summed E-state index contributed by atoms with van der Waals surface area (Å²) in [6.07, 6.45) is 0.726. The van der Waals surface area contributed by atoms with Gasteiger partial charge in [0.1, 0.15) is 11.5 Å². The van der Waals surface area contributed by atoms with E-state index in [9.17, 15) is 8.42 Å². The monoisotopic (exact) mass is 329 g/mol. The number of sulfonamides is 1. The van der Waals surface area contributed by atoms with Crippen LogP contribution in [0.25, 0.3) is 0 Å². The Bertz CT molecular complexity index is 652. The molecule has 0 aliphatic heterocycles. The van der Waals surface area contributed by atoms with Crippen molar-refractivity contribution in [1.82, 2.24) is 4.72 Å². The summed E-state index contributed by atoms with van der Waals surface area (Å²) in [6.45, 7) is 6.23. The molecule has 0 fully saturated rings. The van der Waals surface area contributed by atoms with Crippen LogP contribution in [0.4, 0.5) is 0 Å². The second-order valence-electron chi connectivity index (χ2n) is 5.81. The molecule has 1 aromatic rings. The molecular formula is C15H20ClNO3S. The number of aliphatic hydroxyl groups is 1. The van der Waals surface area contributed by atoms with Crippen molar-refractivity contribution in [3.63, 3.8) is 0 Å². The highest BCUT2D eigenvalue weighted by molar-refractivity contribution is 7.89. The van der Waals surface area contributed by atoms with E-state index in [0.717, 1.165) is 6.42 Å². The van der Waals surface area contributed by atoms with Gasteiger partial charge in [-0.3, -0.25) is 0 Å². The summed E-state index contributed by atoms with van der Waals surface area (Å²) in [5.74, 6) is 5.16. The van der Waals surface area contributed by atoms with Crippen LogP contribution in [0.2, 0.25) is 5.02 Å². The Hall–Kier alpha value is -1.06. The molecule has 1 rings (SSSR count). The normalized spacial score (nSPS) is 11.9. The van der Waals surface area contributed by atoms with E-state index in [1.54, 1.807) is 6.07 Å². The summed E-state index contributed by atoms with van der Waals surface area (Å²) in [4.78, 5) is 0.0348. The predicted octanol–water partition coefficient (Wildman–Crippen LogP) is 2.40. The van der Waals surface area contributed by atoms with Crippen LogP contribution >= 0.6 is 11.6 Å². The van der Waals surface area contributed by atoms with Gasteiger partial charge in [-0.1, -0.05) is 44.2 Å². The molecule has 0 aliphatic carbocycles. The molecule has 0 radical (unpaired) electrons. The van der Waals surface area contributed by atoms with Crippen LogP contribution in [0.1, 0.15) is 32.8 Å². The van der Waals surface area contributed by atoms with Crippen molar-refractivity contribution in [2.24, 2.45) is 5.41 Å². The summed E-state index contributed by atoms with van der Waals surface area (Å²) >= 11 is 6.01. The van der Waals surface area contributed by atoms with E-state index in [1.807, 2.05) is 20.8 Å². The Kier molecular flexibility index (Phi) is 6.24. The zero-order valence-electron chi connectivity index (χ0n) is 12.4. The van der Waals surface area contributed by atoms with Gasteiger partial charge >= 0.3 is 0 Å². The standard InChI is InChI=1S/C15H20ClNO3S/c1-15(2,3)8-9-17-21(19,20)14-7-6-12(5-4-10-18)11-13(14)16/h6-7,11,17-18H,8-10H2,1-3H3. The number of aliphatic hydroxyl groups excluding tert-OH is 1. The van der Waals surface area contributed by atoms with Crippen molar-refractivity contribution < 1.29 is 13.5 Å². The molecule has 0 aromatic heterocycles. The van der Waals surface area contributed by atoms with Gasteiger partial charge in [0.15, 0.2) is 0 Å². The van der Waals surface area contributed by atoms with E-state index < -0.39 is 10.0 Å². The molecule has 2 N–H and O–H groups in total. The number of nitrogens with one attached hydrogen (secondary N) is 1. The zero-order valence-corrected chi connectivity index (χ0v) is 14.0. The summed E-state index contributed by atoms with van der Waals surface area (Å²) in [7, 11) is -3.63. The minimum absolute atomic E-state index is 0.0348. The van der Waals surface area contributed by atoms with Crippen molar-refractivity contribution >= 4 is 21.6 Å². The Morgan fingerprint density at radius 1 is 1.33 bits per heavy atom. The van der Waals surface area contributed by atoms with Crippen molar-refractivity contribution in [2.75, 3.05) is 13.2 Å². The SMILES string of the molecule is CC(C)(C)CCNS(=O)(=O)c1ccc(C#CCO)cc1Cl. The third-order valence-electron chi connectivity index (χ3n) is 2.70. The largest absolute Gasteiger partial charge is 0.384 e. The van der Waals surface area contributed by atoms with Gasteiger partial charge in [-0.05, 0) is 30.0 Å². The van der Waals surface area contributed by atoms with Crippen LogP contribution in [0, 0.1) is 17.3 Å². The van der Waals surface area contributed by atoms with Gasteiger partial charge in [0, 0.05) is 12.1 Å². The molecule has 0 amide bonds. The lowest BCUT2D eigenvalue weighted by molar-refractivity contribution is 0.350. The van der Waals surface area contributed by atoms with Gasteiger partial charge in [0.05, 0.1) is 5.02 Å². The fraction of sp³-hybridized carbons (Fsp3) is 0.467. The molecule has 0 bridgehead atoms. The predicted molar refractivity (Wildman–Crippen MR) is 84.7 cm³/mol. The number of halogens is 1. The molecule has 0 atom stereocenters. The Balaban J connectivity index is 2.89. The van der Waals surface area contributed by atoms with E-state index in [4.69, 9.17) is 16.7 Å². The first kappa shape index (κ1) is 18.0. The molecule has 21 heavy (non-hydrogen) atoms. The van der Waals surface area contributed by atoms with Gasteiger partial charge in [-0.25, -0.2) is 13.1 Å². The molecule has 0 aliphatic rings. The molecule has 1 aromatic carbocycles. The third kappa shape index (κ3) is 6.06. The smallest absolute Gasteiger partial charge is 0.242 e. The number of hydrogen-bond acceptors (Lipinski definition) is 3. The van der Waals surface area contributed by atoms with Crippen LogP contribution in [0.15, 0.2) is 23.1 Å². The van der Waals surface area contributed by atoms with E-state index in [-0.39, 0.29) is 21.9 Å². The zero-order chi connectivity index (χ0) is 16.1.